The summed E-state index contributed by atoms with van der Waals surface area (Å²) in [5.41, 5.74) is 3.31. The smallest absolute Gasteiger partial charge is 0.316 e. The van der Waals surface area contributed by atoms with Crippen molar-refractivity contribution < 1.29 is 14.3 Å². The summed E-state index contributed by atoms with van der Waals surface area (Å²) in [5, 5.41) is 11.1. The monoisotopic (exact) mass is 498 g/mol. The minimum absolute atomic E-state index is 0.162. The molecule has 0 spiro atoms. The molecule has 5 aromatic rings. The van der Waals surface area contributed by atoms with E-state index in [9.17, 15) is 4.79 Å². The van der Waals surface area contributed by atoms with Crippen LogP contribution in [0.25, 0.3) is 16.6 Å². The fraction of sp³-hybridized carbons (Fsp3) is 0.192. The summed E-state index contributed by atoms with van der Waals surface area (Å²) in [7, 11) is 3.38. The van der Waals surface area contributed by atoms with Gasteiger partial charge in [-0.3, -0.25) is 0 Å². The number of benzene rings is 2. The van der Waals surface area contributed by atoms with E-state index in [-0.39, 0.29) is 6.03 Å². The highest BCUT2D eigenvalue weighted by Crippen LogP contribution is 2.31. The molecule has 0 aliphatic heterocycles. The third-order valence-electron chi connectivity index (χ3n) is 5.58. The predicted octanol–water partition coefficient (Wildman–Crippen LogP) is 4.17. The van der Waals surface area contributed by atoms with E-state index >= 15 is 0 Å². The Bertz CT molecular complexity index is 1570. The minimum atomic E-state index is -0.162. The molecule has 188 valence electrons. The summed E-state index contributed by atoms with van der Waals surface area (Å²) in [4.78, 5) is 26.1. The minimum Gasteiger partial charge on any atom is -0.492 e. The molecule has 11 nitrogen and oxygen atoms in total. The molecular formula is C26H26N8O3. The van der Waals surface area contributed by atoms with Crippen LogP contribution in [0, 0.1) is 6.92 Å². The number of fused-ring (bicyclic) bond motifs is 2. The van der Waals surface area contributed by atoms with E-state index in [1.54, 1.807) is 24.8 Å². The van der Waals surface area contributed by atoms with Crippen LogP contribution >= 0.6 is 0 Å². The van der Waals surface area contributed by atoms with Crippen LogP contribution < -0.4 is 20.1 Å². The number of nitrogens with one attached hydrogen (secondary N) is 2. The van der Waals surface area contributed by atoms with Crippen LogP contribution in [0.15, 0.2) is 67.4 Å². The molecule has 3 heterocycles. The lowest BCUT2D eigenvalue weighted by atomic mass is 10.2. The zero-order valence-electron chi connectivity index (χ0n) is 20.7. The number of rotatable bonds is 8. The molecule has 0 saturated heterocycles. The van der Waals surface area contributed by atoms with Gasteiger partial charge in [-0.15, -0.1) is 0 Å². The molecular weight excluding hydrogens is 472 g/mol. The van der Waals surface area contributed by atoms with Gasteiger partial charge in [-0.25, -0.2) is 24.3 Å². The summed E-state index contributed by atoms with van der Waals surface area (Å²) >= 11 is 0. The molecule has 2 amide bonds. The number of hydrogen-bond acceptors (Lipinski definition) is 8. The first-order valence-electron chi connectivity index (χ1n) is 11.6. The van der Waals surface area contributed by atoms with Crippen molar-refractivity contribution in [2.45, 2.75) is 6.92 Å². The first-order valence-corrected chi connectivity index (χ1v) is 11.6. The summed E-state index contributed by atoms with van der Waals surface area (Å²) in [6.07, 6.45) is 4.83. The van der Waals surface area contributed by atoms with Gasteiger partial charge in [0, 0.05) is 37.4 Å². The van der Waals surface area contributed by atoms with Gasteiger partial charge in [0.1, 0.15) is 42.3 Å². The largest absolute Gasteiger partial charge is 0.492 e. The number of urea groups is 1. The van der Waals surface area contributed by atoms with E-state index in [2.05, 4.69) is 30.7 Å². The number of carbonyl (C=O) groups is 1. The molecule has 0 aliphatic rings. The third-order valence-corrected chi connectivity index (χ3v) is 5.58. The number of anilines is 2. The highest BCUT2D eigenvalue weighted by molar-refractivity contribution is 5.91. The Morgan fingerprint density at radius 2 is 1.89 bits per heavy atom. The Balaban J connectivity index is 1.29. The third kappa shape index (κ3) is 5.50. The topological polar surface area (TPSA) is 119 Å². The molecule has 0 saturated carbocycles. The van der Waals surface area contributed by atoms with Crippen LogP contribution in [0.4, 0.5) is 16.3 Å². The molecule has 37 heavy (non-hydrogen) atoms. The zero-order valence-corrected chi connectivity index (χ0v) is 20.7. The molecule has 0 aliphatic carbocycles. The number of amides is 2. The normalized spacial score (nSPS) is 10.9. The summed E-state index contributed by atoms with van der Waals surface area (Å²) in [6, 6.07) is 15.0. The van der Waals surface area contributed by atoms with Crippen molar-refractivity contribution in [3.05, 3.63) is 72.9 Å². The fourth-order valence-corrected chi connectivity index (χ4v) is 3.68. The second kappa shape index (κ2) is 10.4. The second-order valence-electron chi connectivity index (χ2n) is 8.51. The summed E-state index contributed by atoms with van der Waals surface area (Å²) < 4.78 is 13.6. The van der Waals surface area contributed by atoms with Crippen molar-refractivity contribution in [2.75, 3.05) is 32.6 Å². The fourth-order valence-electron chi connectivity index (χ4n) is 3.68. The molecule has 2 N–H and O–H groups in total. The molecule has 11 heteroatoms. The van der Waals surface area contributed by atoms with Gasteiger partial charge in [0.2, 0.25) is 0 Å². The second-order valence-corrected chi connectivity index (χ2v) is 8.51. The lowest BCUT2D eigenvalue weighted by Crippen LogP contribution is -2.36. The number of pyridine rings is 1. The Morgan fingerprint density at radius 1 is 1.00 bits per heavy atom. The molecule has 0 atom stereocenters. The predicted molar refractivity (Wildman–Crippen MR) is 140 cm³/mol. The number of aromatic nitrogens is 5. The maximum atomic E-state index is 11.6. The van der Waals surface area contributed by atoms with Gasteiger partial charge < -0.3 is 25.0 Å². The number of carbonyl (C=O) groups excluding carboxylic acids is 1. The summed E-state index contributed by atoms with van der Waals surface area (Å²) in [5.74, 6) is 2.73. The van der Waals surface area contributed by atoms with E-state index in [4.69, 9.17) is 9.47 Å². The van der Waals surface area contributed by atoms with Crippen molar-refractivity contribution in [1.82, 2.24) is 34.8 Å². The molecule has 0 fully saturated rings. The zero-order chi connectivity index (χ0) is 25.8. The van der Waals surface area contributed by atoms with Crippen molar-refractivity contribution in [3.8, 4) is 17.2 Å². The van der Waals surface area contributed by atoms with E-state index in [0.717, 1.165) is 27.9 Å². The molecule has 0 bridgehead atoms. The highest BCUT2D eigenvalue weighted by Gasteiger charge is 2.09. The Morgan fingerprint density at radius 3 is 2.73 bits per heavy atom. The maximum Gasteiger partial charge on any atom is 0.316 e. The highest BCUT2D eigenvalue weighted by atomic mass is 16.5. The van der Waals surface area contributed by atoms with Gasteiger partial charge in [0.25, 0.3) is 0 Å². The van der Waals surface area contributed by atoms with Gasteiger partial charge in [0.05, 0.1) is 12.1 Å². The molecule has 0 radical (unpaired) electrons. The van der Waals surface area contributed by atoms with Crippen LogP contribution in [0.2, 0.25) is 0 Å². The van der Waals surface area contributed by atoms with E-state index in [0.29, 0.717) is 36.1 Å². The number of aryl methyl sites for hydroxylation is 1. The standard InChI is InChI=1S/C26H26N8O3/c1-17-12-18(4-7-23(17)37-20-8-10-34-24(14-20)29-16-31-34)32-25-21-13-19(5-6-22(21)28-15-30-25)36-11-9-27-26(35)33(2)3/h4-8,10,12-16H,9,11H2,1-3H3,(H,27,35)(H,28,30,32). The number of nitrogens with zero attached hydrogens (tertiary/aromatic N) is 6. The molecule has 5 rings (SSSR count). The van der Waals surface area contributed by atoms with E-state index < -0.39 is 0 Å². The van der Waals surface area contributed by atoms with Crippen LogP contribution in [-0.4, -0.2) is 62.7 Å². The van der Waals surface area contributed by atoms with E-state index in [1.165, 1.54) is 17.6 Å². The first kappa shape index (κ1) is 23.8. The Labute approximate surface area is 213 Å². The summed E-state index contributed by atoms with van der Waals surface area (Å²) in [6.45, 7) is 2.72. The quantitative estimate of drug-likeness (QED) is 0.306. The van der Waals surface area contributed by atoms with Gasteiger partial charge in [-0.05, 0) is 55.0 Å². The van der Waals surface area contributed by atoms with Crippen LogP contribution in [-0.2, 0) is 0 Å². The Kier molecular flexibility index (Phi) is 6.66. The number of ether oxygens (including phenoxy) is 2. The van der Waals surface area contributed by atoms with Crippen molar-refractivity contribution in [1.29, 1.82) is 0 Å². The molecule has 3 aromatic heterocycles. The lowest BCUT2D eigenvalue weighted by Gasteiger charge is -2.14. The van der Waals surface area contributed by atoms with Crippen LogP contribution in [0.5, 0.6) is 17.2 Å². The van der Waals surface area contributed by atoms with Crippen molar-refractivity contribution in [2.24, 2.45) is 0 Å². The molecule has 2 aromatic carbocycles. The average molecular weight is 499 g/mol. The van der Waals surface area contributed by atoms with Crippen LogP contribution in [0.1, 0.15) is 5.56 Å². The Hall–Kier alpha value is -4.93. The molecule has 0 unspecified atom stereocenters. The van der Waals surface area contributed by atoms with E-state index in [1.807, 2.05) is 55.5 Å². The van der Waals surface area contributed by atoms with Gasteiger partial charge >= 0.3 is 6.03 Å². The lowest BCUT2D eigenvalue weighted by molar-refractivity contribution is 0.213. The van der Waals surface area contributed by atoms with Gasteiger partial charge in [-0.2, -0.15) is 5.10 Å². The van der Waals surface area contributed by atoms with Crippen molar-refractivity contribution in [3.63, 3.8) is 0 Å². The maximum absolute atomic E-state index is 11.6. The van der Waals surface area contributed by atoms with Gasteiger partial charge in [0.15, 0.2) is 5.65 Å². The van der Waals surface area contributed by atoms with Gasteiger partial charge in [-0.1, -0.05) is 0 Å². The van der Waals surface area contributed by atoms with Crippen molar-refractivity contribution >= 4 is 34.1 Å². The number of hydrogen-bond donors (Lipinski definition) is 2. The average Bonchev–Trinajstić information content (AvgIpc) is 3.36. The van der Waals surface area contributed by atoms with Crippen LogP contribution in [0.3, 0.4) is 0 Å². The first-order chi connectivity index (χ1) is 18.0. The SMILES string of the molecule is Cc1cc(Nc2ncnc3ccc(OCCNC(=O)N(C)C)cc23)ccc1Oc1ccn2ncnc2c1.